The number of carbonyl (C=O) groups is 1. The lowest BCUT2D eigenvalue weighted by molar-refractivity contribution is -0.140. The van der Waals surface area contributed by atoms with Gasteiger partial charge in [-0.25, -0.2) is 13.1 Å². The highest BCUT2D eigenvalue weighted by atomic mass is 35.5. The molecule has 31 heavy (non-hydrogen) atoms. The van der Waals surface area contributed by atoms with E-state index in [2.05, 4.69) is 9.46 Å². The van der Waals surface area contributed by atoms with Crippen LogP contribution in [-0.2, 0) is 19.6 Å². The molecule has 0 aliphatic rings. The van der Waals surface area contributed by atoms with Crippen molar-refractivity contribution in [3.05, 3.63) is 59.1 Å². The lowest BCUT2D eigenvalue weighted by atomic mass is 9.99. The average Bonchev–Trinajstić information content (AvgIpc) is 2.77. The Morgan fingerprint density at radius 2 is 1.61 bits per heavy atom. The monoisotopic (exact) mass is 467 g/mol. The van der Waals surface area contributed by atoms with Crippen molar-refractivity contribution in [1.82, 2.24) is 4.72 Å². The summed E-state index contributed by atoms with van der Waals surface area (Å²) in [6.07, 6.45) is 5.54. The minimum Gasteiger partial charge on any atom is -0.496 e. The first kappa shape index (κ1) is 25.2. The van der Waals surface area contributed by atoms with Crippen LogP contribution in [0.4, 0.5) is 0 Å². The van der Waals surface area contributed by atoms with Gasteiger partial charge in [-0.15, -0.1) is 0 Å². The molecule has 0 bridgehead atoms. The number of rotatable bonds is 13. The molecule has 1 unspecified atom stereocenters. The quantitative estimate of drug-likeness (QED) is 0.320. The molecule has 2 aromatic rings. The third-order valence-corrected chi connectivity index (χ3v) is 6.78. The van der Waals surface area contributed by atoms with Gasteiger partial charge < -0.3 is 9.47 Å². The van der Waals surface area contributed by atoms with E-state index in [-0.39, 0.29) is 10.9 Å². The van der Waals surface area contributed by atoms with Crippen LogP contribution in [0.5, 0.6) is 5.75 Å². The van der Waals surface area contributed by atoms with Gasteiger partial charge in [0.25, 0.3) is 0 Å². The number of unbranched alkanes of at least 4 members (excludes halogenated alkanes) is 4. The van der Waals surface area contributed by atoms with E-state index in [1.165, 1.54) is 19.2 Å². The number of nitrogens with one attached hydrogen (secondary N) is 1. The number of para-hydroxylation sites is 1. The molecule has 0 amide bonds. The number of methoxy groups -OCH3 is 2. The van der Waals surface area contributed by atoms with E-state index in [9.17, 15) is 13.2 Å². The summed E-state index contributed by atoms with van der Waals surface area (Å²) in [7, 11) is -0.760. The van der Waals surface area contributed by atoms with Gasteiger partial charge in [0.1, 0.15) is 5.75 Å². The van der Waals surface area contributed by atoms with Gasteiger partial charge in [0.2, 0.25) is 10.0 Å². The summed E-state index contributed by atoms with van der Waals surface area (Å²) in [5.74, 6) is 0.456. The smallest absolute Gasteiger partial charge is 0.305 e. The first-order valence-corrected chi connectivity index (χ1v) is 12.2. The van der Waals surface area contributed by atoms with Crippen molar-refractivity contribution in [2.45, 2.75) is 55.9 Å². The lowest BCUT2D eigenvalue weighted by Gasteiger charge is -2.21. The molecule has 1 N–H and O–H groups in total. The molecule has 0 saturated heterocycles. The third kappa shape index (κ3) is 8.16. The van der Waals surface area contributed by atoms with E-state index >= 15 is 0 Å². The Bertz CT molecular complexity index is 931. The van der Waals surface area contributed by atoms with E-state index in [1.807, 2.05) is 24.3 Å². The number of esters is 1. The number of hydrogen-bond donors (Lipinski definition) is 1. The molecular formula is C23H30ClNO5S. The normalized spacial score (nSPS) is 12.4. The molecule has 0 saturated carbocycles. The predicted molar refractivity (Wildman–Crippen MR) is 122 cm³/mol. The largest absolute Gasteiger partial charge is 0.496 e. The molecule has 0 fully saturated rings. The van der Waals surface area contributed by atoms with Crippen molar-refractivity contribution in [1.29, 1.82) is 0 Å². The Morgan fingerprint density at radius 3 is 2.29 bits per heavy atom. The van der Waals surface area contributed by atoms with Crippen LogP contribution in [0.3, 0.4) is 0 Å². The highest BCUT2D eigenvalue weighted by molar-refractivity contribution is 7.89. The molecule has 6 nitrogen and oxygen atoms in total. The zero-order chi connectivity index (χ0) is 22.7. The molecule has 0 aliphatic heterocycles. The number of hydrogen-bond acceptors (Lipinski definition) is 5. The van der Waals surface area contributed by atoms with Crippen LogP contribution >= 0.6 is 11.6 Å². The molecule has 8 heteroatoms. The molecule has 2 aromatic carbocycles. The molecular weight excluding hydrogens is 438 g/mol. The summed E-state index contributed by atoms with van der Waals surface area (Å²) in [6, 6.07) is 13.1. The maximum atomic E-state index is 13.0. The average molecular weight is 468 g/mol. The van der Waals surface area contributed by atoms with Gasteiger partial charge in [-0.05, 0) is 43.2 Å². The Labute approximate surface area is 190 Å². The van der Waals surface area contributed by atoms with Crippen molar-refractivity contribution in [3.8, 4) is 5.75 Å². The fourth-order valence-electron chi connectivity index (χ4n) is 3.35. The standard InChI is InChI=1S/C23H30ClNO5S/c1-29-22-12-9-8-10-20(22)21(11-6-4-3-5-7-13-23(26)30-2)25-31(27,28)19-16-14-18(24)15-17-19/h8-10,12,14-17,21,25H,3-7,11,13H2,1-2H3. The zero-order valence-electron chi connectivity index (χ0n) is 18.0. The third-order valence-electron chi connectivity index (χ3n) is 5.04. The number of sulfonamides is 1. The Morgan fingerprint density at radius 1 is 0.968 bits per heavy atom. The van der Waals surface area contributed by atoms with Gasteiger partial charge in [-0.2, -0.15) is 0 Å². The van der Waals surface area contributed by atoms with Crippen LogP contribution in [0.25, 0.3) is 0 Å². The molecule has 0 heterocycles. The van der Waals surface area contributed by atoms with E-state index in [4.69, 9.17) is 16.3 Å². The number of ether oxygens (including phenoxy) is 2. The summed E-state index contributed by atoms with van der Waals surface area (Å²) in [4.78, 5) is 11.3. The highest BCUT2D eigenvalue weighted by Crippen LogP contribution is 2.30. The molecule has 1 atom stereocenters. The van der Waals surface area contributed by atoms with Crippen LogP contribution in [0, 0.1) is 0 Å². The van der Waals surface area contributed by atoms with Crippen molar-refractivity contribution in [2.24, 2.45) is 0 Å². The number of carbonyl (C=O) groups excluding carboxylic acids is 1. The SMILES string of the molecule is COC(=O)CCCCCCCC(NS(=O)(=O)c1ccc(Cl)cc1)c1ccccc1OC. The number of benzene rings is 2. The van der Waals surface area contributed by atoms with Gasteiger partial charge in [0.05, 0.1) is 25.2 Å². The maximum absolute atomic E-state index is 13.0. The molecule has 0 aliphatic carbocycles. The van der Waals surface area contributed by atoms with Crippen LogP contribution < -0.4 is 9.46 Å². The van der Waals surface area contributed by atoms with E-state index < -0.39 is 16.1 Å². The highest BCUT2D eigenvalue weighted by Gasteiger charge is 2.23. The minimum atomic E-state index is -3.73. The molecule has 0 spiro atoms. The maximum Gasteiger partial charge on any atom is 0.305 e. The molecule has 2 rings (SSSR count). The zero-order valence-corrected chi connectivity index (χ0v) is 19.5. The minimum absolute atomic E-state index is 0.166. The Balaban J connectivity index is 2.04. The molecule has 0 radical (unpaired) electrons. The Kier molecular flexibility index (Phi) is 10.3. The van der Waals surface area contributed by atoms with Gasteiger partial charge in [-0.3, -0.25) is 4.79 Å². The fourth-order valence-corrected chi connectivity index (χ4v) is 4.73. The topological polar surface area (TPSA) is 81.7 Å². The van der Waals surface area contributed by atoms with Crippen molar-refractivity contribution >= 4 is 27.6 Å². The first-order valence-electron chi connectivity index (χ1n) is 10.3. The molecule has 0 aromatic heterocycles. The predicted octanol–water partition coefficient (Wildman–Crippen LogP) is 5.27. The second kappa shape index (κ2) is 12.7. The van der Waals surface area contributed by atoms with E-state index in [1.54, 1.807) is 19.2 Å². The van der Waals surface area contributed by atoms with Crippen LogP contribution in [0.2, 0.25) is 5.02 Å². The van der Waals surface area contributed by atoms with Gasteiger partial charge in [-0.1, -0.05) is 55.5 Å². The fraction of sp³-hybridized carbons (Fsp3) is 0.435. The summed E-state index contributed by atoms with van der Waals surface area (Å²) in [5, 5.41) is 0.479. The van der Waals surface area contributed by atoms with Gasteiger partial charge >= 0.3 is 5.97 Å². The van der Waals surface area contributed by atoms with Gasteiger partial charge in [0.15, 0.2) is 0 Å². The first-order chi connectivity index (χ1) is 14.9. The second-order valence-electron chi connectivity index (χ2n) is 7.25. The lowest BCUT2D eigenvalue weighted by Crippen LogP contribution is -2.29. The summed E-state index contributed by atoms with van der Waals surface area (Å²) < 4.78 is 38.8. The van der Waals surface area contributed by atoms with Crippen molar-refractivity contribution in [3.63, 3.8) is 0 Å². The second-order valence-corrected chi connectivity index (χ2v) is 9.40. The van der Waals surface area contributed by atoms with Crippen LogP contribution in [0.1, 0.15) is 56.6 Å². The van der Waals surface area contributed by atoms with Crippen molar-refractivity contribution in [2.75, 3.05) is 14.2 Å². The van der Waals surface area contributed by atoms with Crippen molar-refractivity contribution < 1.29 is 22.7 Å². The number of halogens is 1. The van der Waals surface area contributed by atoms with Crippen LogP contribution in [0.15, 0.2) is 53.4 Å². The Hall–Kier alpha value is -2.09. The molecule has 170 valence electrons. The van der Waals surface area contributed by atoms with Gasteiger partial charge in [0, 0.05) is 17.0 Å². The summed E-state index contributed by atoms with van der Waals surface area (Å²) in [6.45, 7) is 0. The van der Waals surface area contributed by atoms with E-state index in [0.29, 0.717) is 23.6 Å². The van der Waals surface area contributed by atoms with Crippen LogP contribution in [-0.4, -0.2) is 28.6 Å². The summed E-state index contributed by atoms with van der Waals surface area (Å²) >= 11 is 5.89. The van der Waals surface area contributed by atoms with E-state index in [0.717, 1.165) is 37.7 Å². The summed E-state index contributed by atoms with van der Waals surface area (Å²) in [5.41, 5.74) is 0.799.